The Morgan fingerprint density at radius 1 is 1.29 bits per heavy atom. The van der Waals surface area contributed by atoms with Crippen LogP contribution in [0.4, 0.5) is 0 Å². The number of nitriles is 1. The van der Waals surface area contributed by atoms with E-state index in [-0.39, 0.29) is 17.4 Å². The maximum atomic E-state index is 13.1. The molecule has 1 unspecified atom stereocenters. The van der Waals surface area contributed by atoms with Crippen LogP contribution in [0.2, 0.25) is 0 Å². The van der Waals surface area contributed by atoms with Crippen LogP contribution < -0.4 is 5.56 Å². The largest absolute Gasteiger partial charge is 0.280 e. The second-order valence-electron chi connectivity index (χ2n) is 5.26. The summed E-state index contributed by atoms with van der Waals surface area (Å²) in [5.41, 5.74) is 1.56. The lowest BCUT2D eigenvalue weighted by Crippen LogP contribution is -2.27. The molecule has 1 aromatic heterocycles. The Kier molecular flexibility index (Phi) is 5.03. The minimum Gasteiger partial charge on any atom is -0.280 e. The molecule has 0 amide bonds. The van der Waals surface area contributed by atoms with Gasteiger partial charge >= 0.3 is 0 Å². The number of fused-ring (bicyclic) bond motifs is 1. The summed E-state index contributed by atoms with van der Waals surface area (Å²) >= 11 is 4.69. The molecule has 0 spiro atoms. The molecule has 0 aliphatic carbocycles. The Balaban J connectivity index is 2.25. The highest BCUT2D eigenvalue weighted by Crippen LogP contribution is 2.25. The molecule has 2 aromatic carbocycles. The van der Waals surface area contributed by atoms with E-state index in [0.29, 0.717) is 16.1 Å². The molecule has 0 N–H and O–H groups in total. The van der Waals surface area contributed by atoms with Gasteiger partial charge < -0.3 is 0 Å². The summed E-state index contributed by atoms with van der Waals surface area (Å²) in [6.07, 6.45) is 0. The molecule has 3 rings (SSSR count). The number of thioether (sulfide) groups is 1. The van der Waals surface area contributed by atoms with E-state index in [1.54, 1.807) is 10.6 Å². The van der Waals surface area contributed by atoms with Gasteiger partial charge in [-0.05, 0) is 30.7 Å². The van der Waals surface area contributed by atoms with Gasteiger partial charge in [-0.1, -0.05) is 58.0 Å². The fourth-order valence-electron chi connectivity index (χ4n) is 2.57. The molecule has 0 aliphatic rings. The number of hydrogen-bond acceptors (Lipinski definition) is 4. The van der Waals surface area contributed by atoms with Gasteiger partial charge in [0, 0.05) is 4.47 Å². The number of halogens is 1. The summed E-state index contributed by atoms with van der Waals surface area (Å²) in [4.78, 5) is 17.7. The molecule has 3 aromatic rings. The molecule has 0 saturated heterocycles. The third-order valence-corrected chi connectivity index (χ3v) is 5.08. The first-order valence-electron chi connectivity index (χ1n) is 7.38. The van der Waals surface area contributed by atoms with Crippen LogP contribution in [0.25, 0.3) is 10.9 Å². The van der Waals surface area contributed by atoms with Crippen LogP contribution in [0.3, 0.4) is 0 Å². The Hall–Kier alpha value is -2.10. The highest BCUT2D eigenvalue weighted by Gasteiger charge is 2.18. The quantitative estimate of drug-likeness (QED) is 0.482. The van der Waals surface area contributed by atoms with E-state index >= 15 is 0 Å². The molecule has 0 fully saturated rings. The predicted octanol–water partition coefficient (Wildman–Crippen LogP) is 4.38. The number of hydrogen-bond donors (Lipinski definition) is 0. The van der Waals surface area contributed by atoms with E-state index in [1.807, 2.05) is 49.4 Å². The molecule has 24 heavy (non-hydrogen) atoms. The zero-order chi connectivity index (χ0) is 17.1. The van der Waals surface area contributed by atoms with Crippen molar-refractivity contribution in [2.75, 3.05) is 5.75 Å². The van der Waals surface area contributed by atoms with Crippen LogP contribution in [0, 0.1) is 11.3 Å². The van der Waals surface area contributed by atoms with E-state index in [0.717, 1.165) is 10.0 Å². The van der Waals surface area contributed by atoms with E-state index in [2.05, 4.69) is 27.0 Å². The Morgan fingerprint density at radius 2 is 2.04 bits per heavy atom. The molecule has 0 aliphatic heterocycles. The lowest BCUT2D eigenvalue weighted by molar-refractivity contribution is 0.549. The topological polar surface area (TPSA) is 58.7 Å². The van der Waals surface area contributed by atoms with Crippen molar-refractivity contribution in [1.29, 1.82) is 5.26 Å². The summed E-state index contributed by atoms with van der Waals surface area (Å²) < 4.78 is 2.51. The van der Waals surface area contributed by atoms with Crippen molar-refractivity contribution >= 4 is 38.6 Å². The lowest BCUT2D eigenvalue weighted by atomic mass is 10.1. The summed E-state index contributed by atoms with van der Waals surface area (Å²) in [6.45, 7) is 1.97. The highest BCUT2D eigenvalue weighted by atomic mass is 79.9. The van der Waals surface area contributed by atoms with E-state index < -0.39 is 0 Å². The Bertz CT molecular complexity index is 979. The second kappa shape index (κ2) is 7.20. The normalized spacial score (nSPS) is 12.0. The molecule has 1 atom stereocenters. The first kappa shape index (κ1) is 16.7. The lowest BCUT2D eigenvalue weighted by Gasteiger charge is -2.19. The molecule has 6 heteroatoms. The van der Waals surface area contributed by atoms with Crippen LogP contribution in [0.1, 0.15) is 18.5 Å². The Labute approximate surface area is 152 Å². The van der Waals surface area contributed by atoms with Gasteiger partial charge in [-0.25, -0.2) is 4.98 Å². The molecule has 1 heterocycles. The van der Waals surface area contributed by atoms with Gasteiger partial charge in [0.15, 0.2) is 5.16 Å². The summed E-state index contributed by atoms with van der Waals surface area (Å²) in [5.74, 6) is 0.246. The molecular formula is C18H14BrN3OS. The van der Waals surface area contributed by atoms with Crippen molar-refractivity contribution in [3.63, 3.8) is 0 Å². The number of aromatic nitrogens is 2. The van der Waals surface area contributed by atoms with E-state index in [9.17, 15) is 4.79 Å². The summed E-state index contributed by atoms with van der Waals surface area (Å²) in [7, 11) is 0. The van der Waals surface area contributed by atoms with Gasteiger partial charge in [-0.15, -0.1) is 0 Å². The predicted molar refractivity (Wildman–Crippen MR) is 100 cm³/mol. The first-order valence-corrected chi connectivity index (χ1v) is 9.16. The number of rotatable bonds is 4. The monoisotopic (exact) mass is 399 g/mol. The first-order chi connectivity index (χ1) is 11.6. The molecule has 0 saturated carbocycles. The number of nitrogens with zero attached hydrogens (tertiary/aromatic N) is 3. The van der Waals surface area contributed by atoms with Gasteiger partial charge in [0.05, 0.1) is 28.8 Å². The standard InChI is InChI=1S/C18H14BrN3OS/c1-12(13-5-3-2-4-6-13)22-17(23)15-11-14(19)7-8-16(15)21-18(22)24-10-9-20/h2-8,11-12H,10H2,1H3. The minimum absolute atomic E-state index is 0.0990. The SMILES string of the molecule is CC(c1ccccc1)n1c(SCC#N)nc2ccc(Br)cc2c1=O. The van der Waals surface area contributed by atoms with Crippen LogP contribution in [-0.2, 0) is 0 Å². The van der Waals surface area contributed by atoms with Gasteiger partial charge in [0.2, 0.25) is 0 Å². The Morgan fingerprint density at radius 3 is 2.75 bits per heavy atom. The van der Waals surface area contributed by atoms with Gasteiger partial charge in [-0.2, -0.15) is 5.26 Å². The van der Waals surface area contributed by atoms with Crippen LogP contribution in [0.15, 0.2) is 63.0 Å². The van der Waals surface area contributed by atoms with Gasteiger partial charge in [0.25, 0.3) is 5.56 Å². The average Bonchev–Trinajstić information content (AvgIpc) is 2.61. The number of benzene rings is 2. The minimum atomic E-state index is -0.171. The van der Waals surface area contributed by atoms with Crippen LogP contribution in [0.5, 0.6) is 0 Å². The zero-order valence-electron chi connectivity index (χ0n) is 12.9. The molecule has 120 valence electrons. The summed E-state index contributed by atoms with van der Waals surface area (Å²) in [5, 5.41) is 10.0. The van der Waals surface area contributed by atoms with Crippen LogP contribution >= 0.6 is 27.7 Å². The van der Waals surface area contributed by atoms with Crippen LogP contribution in [-0.4, -0.2) is 15.3 Å². The van der Waals surface area contributed by atoms with Crippen molar-refractivity contribution in [2.45, 2.75) is 18.1 Å². The smallest absolute Gasteiger partial charge is 0.262 e. The van der Waals surface area contributed by atoms with Crippen molar-refractivity contribution in [1.82, 2.24) is 9.55 Å². The molecule has 0 bridgehead atoms. The fraction of sp³-hybridized carbons (Fsp3) is 0.167. The third kappa shape index (κ3) is 3.23. The van der Waals surface area contributed by atoms with E-state index in [4.69, 9.17) is 5.26 Å². The van der Waals surface area contributed by atoms with Crippen molar-refractivity contribution in [2.24, 2.45) is 0 Å². The molecule has 0 radical (unpaired) electrons. The van der Waals surface area contributed by atoms with Crippen molar-refractivity contribution < 1.29 is 0 Å². The highest BCUT2D eigenvalue weighted by molar-refractivity contribution is 9.10. The second-order valence-corrected chi connectivity index (χ2v) is 7.12. The maximum absolute atomic E-state index is 13.1. The van der Waals surface area contributed by atoms with Crippen molar-refractivity contribution in [3.8, 4) is 6.07 Å². The molecule has 4 nitrogen and oxygen atoms in total. The fourth-order valence-corrected chi connectivity index (χ4v) is 3.67. The molecular weight excluding hydrogens is 386 g/mol. The maximum Gasteiger partial charge on any atom is 0.262 e. The third-order valence-electron chi connectivity index (χ3n) is 3.77. The van der Waals surface area contributed by atoms with E-state index in [1.165, 1.54) is 11.8 Å². The average molecular weight is 400 g/mol. The summed E-state index contributed by atoms with van der Waals surface area (Å²) in [6, 6.07) is 17.2. The van der Waals surface area contributed by atoms with Gasteiger partial charge in [-0.3, -0.25) is 9.36 Å². The van der Waals surface area contributed by atoms with Crippen molar-refractivity contribution in [3.05, 3.63) is 68.9 Å². The van der Waals surface area contributed by atoms with Gasteiger partial charge in [0.1, 0.15) is 0 Å². The zero-order valence-corrected chi connectivity index (χ0v) is 15.3.